The molecule has 0 radical (unpaired) electrons. The average molecular weight is 425 g/mol. The fourth-order valence-corrected chi connectivity index (χ4v) is 3.88. The molecule has 0 saturated carbocycles. The number of nitrogens with one attached hydrogen (secondary N) is 2. The molecule has 0 spiro atoms. The average Bonchev–Trinajstić information content (AvgIpc) is 2.54. The second-order valence-electron chi connectivity index (χ2n) is 5.95. The number of amides is 1. The summed E-state index contributed by atoms with van der Waals surface area (Å²) in [5.74, 6) is -0.0925. The van der Waals surface area contributed by atoms with Crippen LogP contribution in [-0.4, -0.2) is 20.4 Å². The van der Waals surface area contributed by atoms with Crippen molar-refractivity contribution < 1.29 is 13.2 Å². The van der Waals surface area contributed by atoms with Gasteiger partial charge in [-0.25, -0.2) is 13.1 Å². The molecule has 0 saturated heterocycles. The first kappa shape index (κ1) is 19.6. The van der Waals surface area contributed by atoms with Crippen molar-refractivity contribution in [1.82, 2.24) is 4.72 Å². The zero-order valence-electron chi connectivity index (χ0n) is 14.1. The van der Waals surface area contributed by atoms with Crippen LogP contribution in [0.3, 0.4) is 0 Å². The lowest BCUT2D eigenvalue weighted by Crippen LogP contribution is -2.30. The number of aryl methyl sites for hydroxylation is 1. The van der Waals surface area contributed by atoms with Crippen molar-refractivity contribution in [2.75, 3.05) is 5.32 Å². The summed E-state index contributed by atoms with van der Waals surface area (Å²) in [6.45, 7) is 3.55. The molecule has 134 valence electrons. The molecule has 1 amide bonds. The fourth-order valence-electron chi connectivity index (χ4n) is 2.25. The Morgan fingerprint density at radius 2 is 1.72 bits per heavy atom. The predicted molar refractivity (Wildman–Crippen MR) is 103 cm³/mol. The van der Waals surface area contributed by atoms with Gasteiger partial charge >= 0.3 is 0 Å². The van der Waals surface area contributed by atoms with Crippen molar-refractivity contribution in [1.29, 1.82) is 0 Å². The lowest BCUT2D eigenvalue weighted by atomic mass is 10.1. The van der Waals surface area contributed by atoms with Crippen LogP contribution in [0.4, 0.5) is 5.69 Å². The molecule has 0 aliphatic heterocycles. The van der Waals surface area contributed by atoms with Crippen LogP contribution in [0.2, 0.25) is 0 Å². The van der Waals surface area contributed by atoms with E-state index in [0.717, 1.165) is 15.7 Å². The maximum absolute atomic E-state index is 12.1. The van der Waals surface area contributed by atoms with Crippen LogP contribution in [-0.2, 0) is 21.2 Å². The summed E-state index contributed by atoms with van der Waals surface area (Å²) >= 11 is 3.39. The maximum atomic E-state index is 12.1. The standard InChI is InChI=1S/C18H21BrN2O3S/c1-13(2)21-25(23,24)15-10-7-14(8-11-15)9-12-18(22)20-17-6-4-3-5-16(17)19/h3-8,10-11,13,21H,9,12H2,1-2H3,(H,20,22). The van der Waals surface area contributed by atoms with E-state index in [4.69, 9.17) is 0 Å². The molecule has 25 heavy (non-hydrogen) atoms. The lowest BCUT2D eigenvalue weighted by Gasteiger charge is -2.10. The molecule has 2 aromatic rings. The van der Waals surface area contributed by atoms with Crippen LogP contribution >= 0.6 is 15.9 Å². The number of hydrogen-bond acceptors (Lipinski definition) is 3. The topological polar surface area (TPSA) is 75.3 Å². The minimum Gasteiger partial charge on any atom is -0.325 e. The van der Waals surface area contributed by atoms with Crippen molar-refractivity contribution in [2.45, 2.75) is 37.6 Å². The first-order valence-electron chi connectivity index (χ1n) is 7.93. The summed E-state index contributed by atoms with van der Waals surface area (Å²) in [5.41, 5.74) is 1.64. The second kappa shape index (κ2) is 8.60. The summed E-state index contributed by atoms with van der Waals surface area (Å²) in [4.78, 5) is 12.3. The van der Waals surface area contributed by atoms with Crippen molar-refractivity contribution in [3.8, 4) is 0 Å². The first-order valence-corrected chi connectivity index (χ1v) is 10.2. The Labute approximate surface area is 157 Å². The van der Waals surface area contributed by atoms with Gasteiger partial charge in [-0.05, 0) is 66.0 Å². The summed E-state index contributed by atoms with van der Waals surface area (Å²) in [5, 5.41) is 2.85. The largest absolute Gasteiger partial charge is 0.325 e. The molecule has 7 heteroatoms. The van der Waals surface area contributed by atoms with Crippen LogP contribution in [0.5, 0.6) is 0 Å². The van der Waals surface area contributed by atoms with Gasteiger partial charge in [-0.3, -0.25) is 4.79 Å². The number of carbonyl (C=O) groups is 1. The number of sulfonamides is 1. The normalized spacial score (nSPS) is 11.5. The number of benzene rings is 2. The molecule has 0 heterocycles. The zero-order valence-corrected chi connectivity index (χ0v) is 16.5. The summed E-state index contributed by atoms with van der Waals surface area (Å²) in [6.07, 6.45) is 0.853. The number of para-hydroxylation sites is 1. The highest BCUT2D eigenvalue weighted by atomic mass is 79.9. The quantitative estimate of drug-likeness (QED) is 0.710. The van der Waals surface area contributed by atoms with E-state index in [1.54, 1.807) is 38.1 Å². The van der Waals surface area contributed by atoms with Crippen LogP contribution in [0.25, 0.3) is 0 Å². The number of hydrogen-bond donors (Lipinski definition) is 2. The van der Waals surface area contributed by atoms with Gasteiger partial charge in [0.2, 0.25) is 15.9 Å². The predicted octanol–water partition coefficient (Wildman–Crippen LogP) is 3.71. The van der Waals surface area contributed by atoms with Gasteiger partial charge < -0.3 is 5.32 Å². The van der Waals surface area contributed by atoms with E-state index in [1.807, 2.05) is 24.3 Å². The summed E-state index contributed by atoms with van der Waals surface area (Å²) in [7, 11) is -3.49. The van der Waals surface area contributed by atoms with E-state index in [0.29, 0.717) is 12.8 Å². The molecule has 0 atom stereocenters. The highest BCUT2D eigenvalue weighted by molar-refractivity contribution is 9.10. The van der Waals surface area contributed by atoms with Crippen LogP contribution in [0.1, 0.15) is 25.8 Å². The Morgan fingerprint density at radius 3 is 2.32 bits per heavy atom. The minimum absolute atomic E-state index is 0.0925. The Morgan fingerprint density at radius 1 is 1.08 bits per heavy atom. The molecular weight excluding hydrogens is 404 g/mol. The van der Waals surface area contributed by atoms with E-state index in [9.17, 15) is 13.2 Å². The lowest BCUT2D eigenvalue weighted by molar-refractivity contribution is -0.116. The van der Waals surface area contributed by atoms with E-state index in [2.05, 4.69) is 26.0 Å². The fraction of sp³-hybridized carbons (Fsp3) is 0.278. The van der Waals surface area contributed by atoms with Gasteiger partial charge in [-0.1, -0.05) is 24.3 Å². The molecule has 0 aromatic heterocycles. The van der Waals surface area contributed by atoms with E-state index < -0.39 is 10.0 Å². The Hall–Kier alpha value is -1.70. The van der Waals surface area contributed by atoms with Crippen molar-refractivity contribution in [3.05, 3.63) is 58.6 Å². The van der Waals surface area contributed by atoms with Crippen molar-refractivity contribution in [2.24, 2.45) is 0 Å². The molecule has 0 bridgehead atoms. The Kier molecular flexibility index (Phi) is 6.75. The molecule has 2 N–H and O–H groups in total. The monoisotopic (exact) mass is 424 g/mol. The van der Waals surface area contributed by atoms with Gasteiger partial charge in [0.1, 0.15) is 0 Å². The number of rotatable bonds is 7. The Balaban J connectivity index is 1.93. The third-order valence-electron chi connectivity index (χ3n) is 3.41. The van der Waals surface area contributed by atoms with E-state index >= 15 is 0 Å². The van der Waals surface area contributed by atoms with Crippen LogP contribution < -0.4 is 10.0 Å². The molecule has 0 unspecified atom stereocenters. The highest BCUT2D eigenvalue weighted by Crippen LogP contribution is 2.21. The molecule has 0 aliphatic rings. The Bertz CT molecular complexity index is 834. The smallest absolute Gasteiger partial charge is 0.240 e. The summed E-state index contributed by atoms with van der Waals surface area (Å²) in [6, 6.07) is 13.8. The van der Waals surface area contributed by atoms with Gasteiger partial charge in [0.05, 0.1) is 10.6 Å². The van der Waals surface area contributed by atoms with Gasteiger partial charge in [-0.15, -0.1) is 0 Å². The summed E-state index contributed by atoms with van der Waals surface area (Å²) < 4.78 is 27.5. The van der Waals surface area contributed by atoms with Gasteiger partial charge in [0.25, 0.3) is 0 Å². The van der Waals surface area contributed by atoms with Gasteiger partial charge in [0, 0.05) is 16.9 Å². The van der Waals surface area contributed by atoms with E-state index in [-0.39, 0.29) is 16.8 Å². The number of halogens is 1. The van der Waals surface area contributed by atoms with Gasteiger partial charge in [0.15, 0.2) is 0 Å². The number of anilines is 1. The van der Waals surface area contributed by atoms with Crippen LogP contribution in [0, 0.1) is 0 Å². The number of carbonyl (C=O) groups excluding carboxylic acids is 1. The molecule has 0 aliphatic carbocycles. The van der Waals surface area contributed by atoms with Crippen molar-refractivity contribution in [3.63, 3.8) is 0 Å². The molecular formula is C18H21BrN2O3S. The highest BCUT2D eigenvalue weighted by Gasteiger charge is 2.15. The van der Waals surface area contributed by atoms with Crippen molar-refractivity contribution >= 4 is 37.5 Å². The van der Waals surface area contributed by atoms with E-state index in [1.165, 1.54) is 0 Å². The third kappa shape index (κ3) is 5.95. The van der Waals surface area contributed by atoms with Gasteiger partial charge in [-0.2, -0.15) is 0 Å². The minimum atomic E-state index is -3.49. The second-order valence-corrected chi connectivity index (χ2v) is 8.52. The molecule has 5 nitrogen and oxygen atoms in total. The molecule has 2 aromatic carbocycles. The third-order valence-corrected chi connectivity index (χ3v) is 5.78. The van der Waals surface area contributed by atoms with Crippen LogP contribution in [0.15, 0.2) is 57.9 Å². The first-order chi connectivity index (χ1) is 11.8. The SMILES string of the molecule is CC(C)NS(=O)(=O)c1ccc(CCC(=O)Nc2ccccc2Br)cc1. The molecule has 0 fully saturated rings. The molecule has 2 rings (SSSR count). The zero-order chi connectivity index (χ0) is 18.4. The maximum Gasteiger partial charge on any atom is 0.240 e.